The van der Waals surface area contributed by atoms with Gasteiger partial charge in [0.05, 0.1) is 31.3 Å². The monoisotopic (exact) mass is 335 g/mol. The van der Waals surface area contributed by atoms with Crippen LogP contribution in [0.4, 0.5) is 0 Å². The van der Waals surface area contributed by atoms with Gasteiger partial charge in [-0.3, -0.25) is 14.4 Å². The van der Waals surface area contributed by atoms with Gasteiger partial charge < -0.3 is 10.1 Å². The fourth-order valence-electron chi connectivity index (χ4n) is 2.76. The quantitative estimate of drug-likeness (QED) is 0.788. The maximum absolute atomic E-state index is 12.5. The van der Waals surface area contributed by atoms with Gasteiger partial charge in [-0.2, -0.15) is 5.10 Å². The van der Waals surface area contributed by atoms with Crippen LogP contribution in [-0.4, -0.2) is 52.4 Å². The number of amides is 1. The number of nitrogens with zero attached hydrogens (tertiary/aromatic N) is 4. The fourth-order valence-corrected chi connectivity index (χ4v) is 3.42. The van der Waals surface area contributed by atoms with Crippen LogP contribution in [0, 0.1) is 5.92 Å². The van der Waals surface area contributed by atoms with Gasteiger partial charge in [0.15, 0.2) is 0 Å². The van der Waals surface area contributed by atoms with Gasteiger partial charge in [-0.25, -0.2) is 4.98 Å². The summed E-state index contributed by atoms with van der Waals surface area (Å²) >= 11 is 1.64. The second-order valence-corrected chi connectivity index (χ2v) is 6.56. The number of rotatable bonds is 6. The lowest BCUT2D eigenvalue weighted by atomic mass is 10.1. The Morgan fingerprint density at radius 1 is 1.48 bits per heavy atom. The standard InChI is InChI=1S/C15H21N5O2S/c1-22-6-4-17-15(21)12-8-19(11-14-16-5-7-23-14)10-13-2-3-18-20(13)9-12/h2-3,5,7,12H,4,6,8-11H2,1H3,(H,17,21). The van der Waals surface area contributed by atoms with E-state index in [1.165, 1.54) is 0 Å². The normalized spacial score (nSPS) is 18.4. The van der Waals surface area contributed by atoms with E-state index in [0.717, 1.165) is 23.8 Å². The number of carbonyl (C=O) groups excluding carboxylic acids is 1. The molecule has 2 aromatic heterocycles. The molecule has 0 saturated carbocycles. The summed E-state index contributed by atoms with van der Waals surface area (Å²) < 4.78 is 6.92. The third kappa shape index (κ3) is 4.15. The molecule has 124 valence electrons. The highest BCUT2D eigenvalue weighted by molar-refractivity contribution is 7.09. The summed E-state index contributed by atoms with van der Waals surface area (Å²) in [6.45, 7) is 3.89. The molecule has 3 rings (SSSR count). The molecule has 1 amide bonds. The number of ether oxygens (including phenoxy) is 1. The Kier molecular flexibility index (Phi) is 5.37. The minimum absolute atomic E-state index is 0.0505. The molecule has 2 aromatic rings. The first kappa shape index (κ1) is 16.1. The number of carbonyl (C=O) groups is 1. The molecule has 1 N–H and O–H groups in total. The summed E-state index contributed by atoms with van der Waals surface area (Å²) in [5.41, 5.74) is 1.13. The Labute approximate surface area is 139 Å². The van der Waals surface area contributed by atoms with Crippen LogP contribution in [0.3, 0.4) is 0 Å². The third-order valence-electron chi connectivity index (χ3n) is 3.88. The van der Waals surface area contributed by atoms with Crippen molar-refractivity contribution in [3.8, 4) is 0 Å². The van der Waals surface area contributed by atoms with E-state index in [-0.39, 0.29) is 11.8 Å². The van der Waals surface area contributed by atoms with E-state index in [1.807, 2.05) is 22.3 Å². The molecular formula is C15H21N5O2S. The van der Waals surface area contributed by atoms with Gasteiger partial charge in [-0.1, -0.05) is 0 Å². The van der Waals surface area contributed by atoms with Crippen molar-refractivity contribution in [3.05, 3.63) is 34.5 Å². The van der Waals surface area contributed by atoms with Gasteiger partial charge in [0.25, 0.3) is 0 Å². The first-order valence-corrected chi connectivity index (χ1v) is 8.52. The molecule has 1 aliphatic heterocycles. The summed E-state index contributed by atoms with van der Waals surface area (Å²) in [7, 11) is 1.63. The van der Waals surface area contributed by atoms with Crippen LogP contribution in [0.1, 0.15) is 10.7 Å². The van der Waals surface area contributed by atoms with Gasteiger partial charge in [0.2, 0.25) is 5.91 Å². The van der Waals surface area contributed by atoms with E-state index in [4.69, 9.17) is 4.74 Å². The molecule has 1 aliphatic rings. The zero-order valence-electron chi connectivity index (χ0n) is 13.1. The predicted molar refractivity (Wildman–Crippen MR) is 86.8 cm³/mol. The number of nitrogens with one attached hydrogen (secondary N) is 1. The van der Waals surface area contributed by atoms with E-state index >= 15 is 0 Å². The summed E-state index contributed by atoms with van der Waals surface area (Å²) in [6.07, 6.45) is 3.61. The first-order valence-electron chi connectivity index (χ1n) is 7.64. The van der Waals surface area contributed by atoms with Crippen LogP contribution in [0.2, 0.25) is 0 Å². The van der Waals surface area contributed by atoms with Crippen molar-refractivity contribution < 1.29 is 9.53 Å². The van der Waals surface area contributed by atoms with Gasteiger partial charge >= 0.3 is 0 Å². The maximum Gasteiger partial charge on any atom is 0.226 e. The Morgan fingerprint density at radius 2 is 2.39 bits per heavy atom. The SMILES string of the molecule is COCCNC(=O)C1CN(Cc2nccs2)Cc2ccnn2C1. The number of hydrogen-bond donors (Lipinski definition) is 1. The number of thiazole rings is 1. The summed E-state index contributed by atoms with van der Waals surface area (Å²) in [5.74, 6) is -0.0810. The molecule has 0 spiro atoms. The molecule has 0 radical (unpaired) electrons. The van der Waals surface area contributed by atoms with Crippen LogP contribution >= 0.6 is 11.3 Å². The fraction of sp³-hybridized carbons (Fsp3) is 0.533. The topological polar surface area (TPSA) is 72.3 Å². The van der Waals surface area contributed by atoms with E-state index in [0.29, 0.717) is 26.2 Å². The molecule has 0 aliphatic carbocycles. The highest BCUT2D eigenvalue weighted by Crippen LogP contribution is 2.19. The van der Waals surface area contributed by atoms with Crippen molar-refractivity contribution in [1.82, 2.24) is 25.0 Å². The van der Waals surface area contributed by atoms with E-state index in [9.17, 15) is 4.79 Å². The molecular weight excluding hydrogens is 314 g/mol. The van der Waals surface area contributed by atoms with Gasteiger partial charge in [0, 0.05) is 44.5 Å². The van der Waals surface area contributed by atoms with Crippen molar-refractivity contribution >= 4 is 17.2 Å². The third-order valence-corrected chi connectivity index (χ3v) is 4.64. The van der Waals surface area contributed by atoms with Crippen LogP contribution in [0.5, 0.6) is 0 Å². The summed E-state index contributed by atoms with van der Waals surface area (Å²) in [6, 6.07) is 2.01. The second kappa shape index (κ2) is 7.67. The minimum atomic E-state index is -0.132. The van der Waals surface area contributed by atoms with Crippen molar-refractivity contribution in [1.29, 1.82) is 0 Å². The molecule has 0 saturated heterocycles. The lowest BCUT2D eigenvalue weighted by Crippen LogP contribution is -2.40. The molecule has 3 heterocycles. The van der Waals surface area contributed by atoms with E-state index < -0.39 is 0 Å². The Hall–Kier alpha value is -1.77. The summed E-state index contributed by atoms with van der Waals surface area (Å²) in [5, 5.41) is 10.3. The zero-order chi connectivity index (χ0) is 16.1. The van der Waals surface area contributed by atoms with Crippen LogP contribution < -0.4 is 5.32 Å². The van der Waals surface area contributed by atoms with Crippen LogP contribution in [-0.2, 0) is 29.2 Å². The number of aromatic nitrogens is 3. The van der Waals surface area contributed by atoms with E-state index in [1.54, 1.807) is 24.6 Å². The van der Waals surface area contributed by atoms with Crippen LogP contribution in [0.15, 0.2) is 23.8 Å². The highest BCUT2D eigenvalue weighted by atomic mass is 32.1. The maximum atomic E-state index is 12.5. The van der Waals surface area contributed by atoms with Crippen molar-refractivity contribution in [2.24, 2.45) is 5.92 Å². The lowest BCUT2D eigenvalue weighted by molar-refractivity contribution is -0.126. The van der Waals surface area contributed by atoms with Gasteiger partial charge in [0.1, 0.15) is 5.01 Å². The van der Waals surface area contributed by atoms with Crippen molar-refractivity contribution in [2.45, 2.75) is 19.6 Å². The van der Waals surface area contributed by atoms with Crippen LogP contribution in [0.25, 0.3) is 0 Å². The Bertz CT molecular complexity index is 628. The van der Waals surface area contributed by atoms with Crippen molar-refractivity contribution in [2.75, 3.05) is 26.8 Å². The molecule has 0 aromatic carbocycles. The largest absolute Gasteiger partial charge is 0.383 e. The number of methoxy groups -OCH3 is 1. The Morgan fingerprint density at radius 3 is 3.17 bits per heavy atom. The van der Waals surface area contributed by atoms with Crippen molar-refractivity contribution in [3.63, 3.8) is 0 Å². The summed E-state index contributed by atoms with van der Waals surface area (Å²) in [4.78, 5) is 19.1. The minimum Gasteiger partial charge on any atom is -0.383 e. The van der Waals surface area contributed by atoms with Gasteiger partial charge in [-0.05, 0) is 6.07 Å². The molecule has 23 heavy (non-hydrogen) atoms. The number of fused-ring (bicyclic) bond motifs is 1. The van der Waals surface area contributed by atoms with E-state index in [2.05, 4.69) is 20.3 Å². The van der Waals surface area contributed by atoms with Gasteiger partial charge in [-0.15, -0.1) is 11.3 Å². The second-order valence-electron chi connectivity index (χ2n) is 5.58. The smallest absolute Gasteiger partial charge is 0.226 e. The molecule has 1 unspecified atom stereocenters. The lowest BCUT2D eigenvalue weighted by Gasteiger charge is -2.22. The first-order chi connectivity index (χ1) is 11.3. The molecule has 7 nitrogen and oxygen atoms in total. The predicted octanol–water partition coefficient (Wildman–Crippen LogP) is 0.734. The average Bonchev–Trinajstić information content (AvgIpc) is 3.16. The highest BCUT2D eigenvalue weighted by Gasteiger charge is 2.27. The molecule has 8 heteroatoms. The zero-order valence-corrected chi connectivity index (χ0v) is 14.0. The molecule has 0 fully saturated rings. The average molecular weight is 335 g/mol. The molecule has 1 atom stereocenters. The Balaban J connectivity index is 1.70. The number of hydrogen-bond acceptors (Lipinski definition) is 6. The molecule has 0 bridgehead atoms.